The van der Waals surface area contributed by atoms with Crippen LogP contribution in [0.1, 0.15) is 6.42 Å². The van der Waals surface area contributed by atoms with Crippen molar-refractivity contribution >= 4 is 11.9 Å². The fraction of sp³-hybridized carbons (Fsp3) is 0.273. The lowest BCUT2D eigenvalue weighted by Gasteiger charge is -2.00. The molecular formula is C11H12O4. The molecule has 0 unspecified atom stereocenters. The van der Waals surface area contributed by atoms with Gasteiger partial charge < -0.3 is 9.47 Å². The molecule has 0 aromatic carbocycles. The zero-order chi connectivity index (χ0) is 11.3. The molecule has 0 aromatic heterocycles. The number of rotatable bonds is 2. The summed E-state index contributed by atoms with van der Waals surface area (Å²) in [6, 6.07) is 0. The largest absolute Gasteiger partial charge is 0.466 e. The van der Waals surface area contributed by atoms with Crippen LogP contribution in [0, 0.1) is 0 Å². The van der Waals surface area contributed by atoms with Crippen LogP contribution in [0.4, 0.5) is 0 Å². The van der Waals surface area contributed by atoms with Crippen LogP contribution in [0.5, 0.6) is 0 Å². The molecule has 1 aliphatic carbocycles. The fourth-order valence-electron chi connectivity index (χ4n) is 1.18. The Labute approximate surface area is 87.9 Å². The van der Waals surface area contributed by atoms with E-state index in [1.807, 2.05) is 0 Å². The molecule has 1 aliphatic rings. The molecule has 0 amide bonds. The molecule has 0 aliphatic heterocycles. The predicted octanol–water partition coefficient (Wildman–Crippen LogP) is 1.15. The molecule has 0 atom stereocenters. The van der Waals surface area contributed by atoms with Gasteiger partial charge in [0.15, 0.2) is 0 Å². The van der Waals surface area contributed by atoms with Crippen molar-refractivity contribution in [2.45, 2.75) is 6.42 Å². The van der Waals surface area contributed by atoms with E-state index in [9.17, 15) is 9.59 Å². The van der Waals surface area contributed by atoms with Gasteiger partial charge in [0.1, 0.15) is 0 Å². The number of esters is 2. The van der Waals surface area contributed by atoms with Gasteiger partial charge in [0.05, 0.1) is 19.8 Å². The number of ether oxygens (including phenoxy) is 2. The smallest absolute Gasteiger partial charge is 0.337 e. The molecule has 15 heavy (non-hydrogen) atoms. The summed E-state index contributed by atoms with van der Waals surface area (Å²) in [5.41, 5.74) is 0.945. The average Bonchev–Trinajstić information content (AvgIpc) is 2.52. The third kappa shape index (κ3) is 2.80. The van der Waals surface area contributed by atoms with Crippen LogP contribution < -0.4 is 0 Å². The number of hydrogen-bond acceptors (Lipinski definition) is 4. The van der Waals surface area contributed by atoms with Gasteiger partial charge in [-0.25, -0.2) is 9.59 Å². The highest BCUT2D eigenvalue weighted by Crippen LogP contribution is 2.13. The highest BCUT2D eigenvalue weighted by Gasteiger charge is 2.12. The molecule has 0 saturated heterocycles. The van der Waals surface area contributed by atoms with Gasteiger partial charge in [-0.2, -0.15) is 0 Å². The van der Waals surface area contributed by atoms with Crippen molar-refractivity contribution in [3.8, 4) is 0 Å². The highest BCUT2D eigenvalue weighted by atomic mass is 16.5. The molecule has 0 heterocycles. The van der Waals surface area contributed by atoms with Crippen molar-refractivity contribution in [2.75, 3.05) is 14.2 Å². The van der Waals surface area contributed by atoms with Gasteiger partial charge in [0.25, 0.3) is 0 Å². The number of hydrogen-bond donors (Lipinski definition) is 0. The number of methoxy groups -OCH3 is 2. The Morgan fingerprint density at radius 1 is 1.20 bits per heavy atom. The Bertz CT molecular complexity index is 361. The van der Waals surface area contributed by atoms with Gasteiger partial charge in [-0.3, -0.25) is 0 Å². The van der Waals surface area contributed by atoms with Crippen LogP contribution >= 0.6 is 0 Å². The number of carbonyl (C=O) groups is 2. The maximum absolute atomic E-state index is 11.2. The molecule has 0 spiro atoms. The Morgan fingerprint density at radius 3 is 2.47 bits per heavy atom. The Hall–Kier alpha value is -1.84. The summed E-state index contributed by atoms with van der Waals surface area (Å²) in [5.74, 6) is -0.798. The molecule has 0 fully saturated rings. The summed E-state index contributed by atoms with van der Waals surface area (Å²) in [5, 5.41) is 0. The van der Waals surface area contributed by atoms with E-state index in [2.05, 4.69) is 9.47 Å². The summed E-state index contributed by atoms with van der Waals surface area (Å²) in [6.45, 7) is 0. The lowest BCUT2D eigenvalue weighted by molar-refractivity contribution is -0.137. The van der Waals surface area contributed by atoms with Crippen LogP contribution in [-0.2, 0) is 19.1 Å². The van der Waals surface area contributed by atoms with Crippen LogP contribution in [0.25, 0.3) is 0 Å². The summed E-state index contributed by atoms with van der Waals surface area (Å²) in [7, 11) is 2.64. The third-order valence-corrected chi connectivity index (χ3v) is 1.98. The van der Waals surface area contributed by atoms with Gasteiger partial charge >= 0.3 is 11.9 Å². The topological polar surface area (TPSA) is 52.6 Å². The molecule has 0 N–H and O–H groups in total. The first-order chi connectivity index (χ1) is 7.19. The molecule has 4 nitrogen and oxygen atoms in total. The van der Waals surface area contributed by atoms with E-state index in [4.69, 9.17) is 0 Å². The number of allylic oxidation sites excluding steroid dienone is 3. The maximum atomic E-state index is 11.2. The van der Waals surface area contributed by atoms with Crippen LogP contribution in [0.2, 0.25) is 0 Å². The minimum absolute atomic E-state index is 0.365. The first kappa shape index (κ1) is 11.2. The minimum atomic E-state index is -0.411. The molecule has 0 aromatic rings. The molecule has 0 saturated carbocycles. The third-order valence-electron chi connectivity index (χ3n) is 1.98. The summed E-state index contributed by atoms with van der Waals surface area (Å²) < 4.78 is 9.15. The van der Waals surface area contributed by atoms with Gasteiger partial charge in [-0.1, -0.05) is 18.2 Å². The van der Waals surface area contributed by atoms with Gasteiger partial charge in [-0.05, 0) is 12.5 Å². The van der Waals surface area contributed by atoms with Crippen molar-refractivity contribution < 1.29 is 19.1 Å². The van der Waals surface area contributed by atoms with Crippen molar-refractivity contribution in [1.29, 1.82) is 0 Å². The summed E-state index contributed by atoms with van der Waals surface area (Å²) in [6.07, 6.45) is 6.85. The SMILES string of the molecule is COC(=O)C1=CCC(C(=O)OC)=CC=C1. The van der Waals surface area contributed by atoms with Crippen molar-refractivity contribution in [2.24, 2.45) is 0 Å². The highest BCUT2D eigenvalue weighted by molar-refractivity contribution is 5.94. The minimum Gasteiger partial charge on any atom is -0.466 e. The van der Waals surface area contributed by atoms with E-state index in [-0.39, 0.29) is 5.97 Å². The van der Waals surface area contributed by atoms with Gasteiger partial charge in [0, 0.05) is 5.57 Å². The second-order valence-electron chi connectivity index (χ2n) is 2.90. The first-order valence-corrected chi connectivity index (χ1v) is 4.43. The maximum Gasteiger partial charge on any atom is 0.337 e. The summed E-state index contributed by atoms with van der Waals surface area (Å²) >= 11 is 0. The van der Waals surface area contributed by atoms with E-state index in [0.29, 0.717) is 17.6 Å². The predicted molar refractivity (Wildman–Crippen MR) is 54.0 cm³/mol. The number of carbonyl (C=O) groups excluding carboxylic acids is 2. The van der Waals surface area contributed by atoms with Crippen LogP contribution in [0.15, 0.2) is 35.5 Å². The Morgan fingerprint density at radius 2 is 1.87 bits per heavy atom. The van der Waals surface area contributed by atoms with Gasteiger partial charge in [-0.15, -0.1) is 0 Å². The van der Waals surface area contributed by atoms with E-state index in [1.165, 1.54) is 14.2 Å². The molecule has 4 heteroatoms. The molecule has 0 bridgehead atoms. The Kier molecular flexibility index (Phi) is 3.85. The quantitative estimate of drug-likeness (QED) is 0.639. The van der Waals surface area contributed by atoms with Crippen LogP contribution in [0.3, 0.4) is 0 Å². The zero-order valence-corrected chi connectivity index (χ0v) is 8.65. The summed E-state index contributed by atoms with van der Waals surface area (Å²) in [4.78, 5) is 22.4. The monoisotopic (exact) mass is 208 g/mol. The molecular weight excluding hydrogens is 196 g/mol. The molecule has 0 radical (unpaired) electrons. The van der Waals surface area contributed by atoms with E-state index in [0.717, 1.165) is 0 Å². The fourth-order valence-corrected chi connectivity index (χ4v) is 1.18. The average molecular weight is 208 g/mol. The molecule has 1 rings (SSSR count). The van der Waals surface area contributed by atoms with E-state index >= 15 is 0 Å². The lowest BCUT2D eigenvalue weighted by Crippen LogP contribution is -2.04. The zero-order valence-electron chi connectivity index (χ0n) is 8.65. The van der Waals surface area contributed by atoms with Gasteiger partial charge in [0.2, 0.25) is 0 Å². The van der Waals surface area contributed by atoms with Crippen molar-refractivity contribution in [1.82, 2.24) is 0 Å². The first-order valence-electron chi connectivity index (χ1n) is 4.43. The molecule has 80 valence electrons. The van der Waals surface area contributed by atoms with Crippen molar-refractivity contribution in [3.63, 3.8) is 0 Å². The van der Waals surface area contributed by atoms with E-state index in [1.54, 1.807) is 24.3 Å². The standard InChI is InChI=1S/C11H12O4/c1-14-10(12)8-4-3-5-9(7-6-8)11(13)15-2/h3-6H,7H2,1-2H3. The second-order valence-corrected chi connectivity index (χ2v) is 2.90. The lowest BCUT2D eigenvalue weighted by atomic mass is 10.1. The van der Waals surface area contributed by atoms with E-state index < -0.39 is 5.97 Å². The second kappa shape index (κ2) is 5.14. The van der Waals surface area contributed by atoms with Crippen molar-refractivity contribution in [3.05, 3.63) is 35.5 Å². The Balaban J connectivity index is 2.80. The van der Waals surface area contributed by atoms with Crippen LogP contribution in [-0.4, -0.2) is 26.2 Å². The normalized spacial score (nSPS) is 14.8.